The van der Waals surface area contributed by atoms with Gasteiger partial charge in [0.1, 0.15) is 18.0 Å². The Morgan fingerprint density at radius 2 is 2.12 bits per heavy atom. The Balaban J connectivity index is 1.74. The summed E-state index contributed by atoms with van der Waals surface area (Å²) in [6.45, 7) is 2.39. The van der Waals surface area contributed by atoms with Gasteiger partial charge in [0.05, 0.1) is 18.0 Å². The molecule has 1 aliphatic rings. The van der Waals surface area contributed by atoms with Crippen LogP contribution in [0.2, 0.25) is 0 Å². The van der Waals surface area contributed by atoms with Gasteiger partial charge in [-0.25, -0.2) is 0 Å². The zero-order valence-electron chi connectivity index (χ0n) is 14.3. The molecule has 26 heavy (non-hydrogen) atoms. The quantitative estimate of drug-likeness (QED) is 0.777. The van der Waals surface area contributed by atoms with E-state index in [0.29, 0.717) is 29.5 Å². The Morgan fingerprint density at radius 3 is 2.92 bits per heavy atom. The van der Waals surface area contributed by atoms with Crippen molar-refractivity contribution in [3.63, 3.8) is 0 Å². The van der Waals surface area contributed by atoms with Crippen LogP contribution in [-0.2, 0) is 9.59 Å². The van der Waals surface area contributed by atoms with E-state index in [1.807, 2.05) is 19.1 Å². The summed E-state index contributed by atoms with van der Waals surface area (Å²) in [6.07, 6.45) is 0.872. The highest BCUT2D eigenvalue weighted by atomic mass is 79.9. The lowest BCUT2D eigenvalue weighted by Gasteiger charge is -2.29. The minimum absolute atomic E-state index is 0.0903. The van der Waals surface area contributed by atoms with E-state index in [1.54, 1.807) is 30.3 Å². The van der Waals surface area contributed by atoms with E-state index in [0.717, 1.165) is 10.9 Å². The molecule has 0 saturated heterocycles. The molecular formula is C19H19BrN2O4. The molecule has 1 aliphatic heterocycles. The van der Waals surface area contributed by atoms with E-state index in [4.69, 9.17) is 9.47 Å². The van der Waals surface area contributed by atoms with Gasteiger partial charge in [-0.15, -0.1) is 0 Å². The van der Waals surface area contributed by atoms with Gasteiger partial charge in [-0.1, -0.05) is 35.0 Å². The van der Waals surface area contributed by atoms with Gasteiger partial charge < -0.3 is 14.8 Å². The van der Waals surface area contributed by atoms with Gasteiger partial charge in [-0.2, -0.15) is 0 Å². The molecule has 1 N–H and O–H groups in total. The minimum atomic E-state index is -0.304. The zero-order valence-corrected chi connectivity index (χ0v) is 15.9. The third-order valence-electron chi connectivity index (χ3n) is 3.79. The van der Waals surface area contributed by atoms with Crippen molar-refractivity contribution in [3.8, 4) is 11.5 Å². The molecule has 0 spiro atoms. The lowest BCUT2D eigenvalue weighted by Crippen LogP contribution is -2.43. The highest BCUT2D eigenvalue weighted by Gasteiger charge is 2.27. The van der Waals surface area contributed by atoms with Crippen molar-refractivity contribution in [2.75, 3.05) is 30.0 Å². The van der Waals surface area contributed by atoms with Gasteiger partial charge in [-0.3, -0.25) is 14.5 Å². The molecule has 2 aromatic rings. The Morgan fingerprint density at radius 1 is 1.31 bits per heavy atom. The molecule has 0 aromatic heterocycles. The summed E-state index contributed by atoms with van der Waals surface area (Å²) in [5.41, 5.74) is 1.16. The van der Waals surface area contributed by atoms with Crippen molar-refractivity contribution in [3.05, 3.63) is 46.9 Å². The first kappa shape index (κ1) is 18.3. The number of nitrogens with one attached hydrogen (secondary N) is 1. The molecular weight excluding hydrogens is 400 g/mol. The highest BCUT2D eigenvalue weighted by Crippen LogP contribution is 2.34. The number of carbonyl (C=O) groups excluding carboxylic acids is 2. The molecule has 0 aliphatic carbocycles. The lowest BCUT2D eigenvalue weighted by molar-refractivity contribution is -0.123. The number of hydrogen-bond acceptors (Lipinski definition) is 4. The van der Waals surface area contributed by atoms with E-state index in [9.17, 15) is 9.59 Å². The molecule has 0 bridgehead atoms. The SMILES string of the molecule is CCCOc1ccccc1NC(=O)CN1C(=O)COc2cc(Br)ccc21. The van der Waals surface area contributed by atoms with Gasteiger partial charge in [0.15, 0.2) is 6.61 Å². The van der Waals surface area contributed by atoms with Crippen LogP contribution in [-0.4, -0.2) is 31.6 Å². The highest BCUT2D eigenvalue weighted by molar-refractivity contribution is 9.10. The fraction of sp³-hybridized carbons (Fsp3) is 0.263. The standard InChI is InChI=1S/C19H19BrN2O4/c1-2-9-25-16-6-4-3-5-14(16)21-18(23)11-22-15-8-7-13(20)10-17(15)26-12-19(22)24/h3-8,10H,2,9,11-12H2,1H3,(H,21,23). The van der Waals surface area contributed by atoms with E-state index in [-0.39, 0.29) is 25.0 Å². The second-order valence-electron chi connectivity index (χ2n) is 5.77. The number of nitrogens with zero attached hydrogens (tertiary/aromatic N) is 1. The molecule has 7 heteroatoms. The summed E-state index contributed by atoms with van der Waals surface area (Å²) in [7, 11) is 0. The summed E-state index contributed by atoms with van der Waals surface area (Å²) < 4.78 is 11.9. The van der Waals surface area contributed by atoms with Gasteiger partial charge in [0.2, 0.25) is 5.91 Å². The number of para-hydroxylation sites is 2. The number of halogens is 1. The Kier molecular flexibility index (Phi) is 5.78. The summed E-state index contributed by atoms with van der Waals surface area (Å²) >= 11 is 3.37. The molecule has 0 unspecified atom stereocenters. The van der Waals surface area contributed by atoms with E-state index < -0.39 is 0 Å². The second-order valence-corrected chi connectivity index (χ2v) is 6.69. The number of carbonyl (C=O) groups is 2. The topological polar surface area (TPSA) is 67.9 Å². The molecule has 136 valence electrons. The largest absolute Gasteiger partial charge is 0.491 e. The van der Waals surface area contributed by atoms with E-state index in [2.05, 4.69) is 21.2 Å². The maximum absolute atomic E-state index is 12.5. The van der Waals surface area contributed by atoms with Crippen LogP contribution in [0, 0.1) is 0 Å². The van der Waals surface area contributed by atoms with Crippen molar-refractivity contribution >= 4 is 39.1 Å². The number of benzene rings is 2. The first-order valence-electron chi connectivity index (χ1n) is 8.33. The summed E-state index contributed by atoms with van der Waals surface area (Å²) in [6, 6.07) is 12.6. The summed E-state index contributed by atoms with van der Waals surface area (Å²) in [5.74, 6) is 0.617. The average molecular weight is 419 g/mol. The van der Waals surface area contributed by atoms with Crippen LogP contribution >= 0.6 is 15.9 Å². The Hall–Kier alpha value is -2.54. The maximum Gasteiger partial charge on any atom is 0.265 e. The molecule has 2 amide bonds. The van der Waals surface area contributed by atoms with Crippen LogP contribution in [0.5, 0.6) is 11.5 Å². The van der Waals surface area contributed by atoms with Crippen LogP contribution < -0.4 is 19.7 Å². The fourth-order valence-electron chi connectivity index (χ4n) is 2.59. The predicted molar refractivity (Wildman–Crippen MR) is 103 cm³/mol. The third kappa shape index (κ3) is 4.16. The number of fused-ring (bicyclic) bond motifs is 1. The number of anilines is 2. The van der Waals surface area contributed by atoms with Crippen LogP contribution in [0.3, 0.4) is 0 Å². The van der Waals surface area contributed by atoms with E-state index in [1.165, 1.54) is 4.90 Å². The molecule has 0 atom stereocenters. The third-order valence-corrected chi connectivity index (χ3v) is 4.28. The molecule has 0 fully saturated rings. The van der Waals surface area contributed by atoms with Crippen molar-refractivity contribution in [1.82, 2.24) is 0 Å². The van der Waals surface area contributed by atoms with E-state index >= 15 is 0 Å². The first-order chi connectivity index (χ1) is 12.6. The van der Waals surface area contributed by atoms with Gasteiger partial charge in [0, 0.05) is 4.47 Å². The predicted octanol–water partition coefficient (Wildman–Crippen LogP) is 3.60. The van der Waals surface area contributed by atoms with Crippen molar-refractivity contribution in [2.45, 2.75) is 13.3 Å². The average Bonchev–Trinajstić information content (AvgIpc) is 2.63. The maximum atomic E-state index is 12.5. The van der Waals surface area contributed by atoms with Crippen LogP contribution in [0.15, 0.2) is 46.9 Å². The number of amides is 2. The number of hydrogen-bond donors (Lipinski definition) is 1. The summed E-state index contributed by atoms with van der Waals surface area (Å²) in [4.78, 5) is 26.2. The molecule has 1 heterocycles. The molecule has 3 rings (SSSR count). The Labute approximate surface area is 160 Å². The van der Waals surface area contributed by atoms with Crippen LogP contribution in [0.4, 0.5) is 11.4 Å². The monoisotopic (exact) mass is 418 g/mol. The second kappa shape index (κ2) is 8.23. The molecule has 0 radical (unpaired) electrons. The molecule has 6 nitrogen and oxygen atoms in total. The number of ether oxygens (including phenoxy) is 2. The fourth-order valence-corrected chi connectivity index (χ4v) is 2.93. The normalized spacial score (nSPS) is 13.0. The first-order valence-corrected chi connectivity index (χ1v) is 9.12. The van der Waals surface area contributed by atoms with Gasteiger partial charge in [-0.05, 0) is 36.8 Å². The molecule has 2 aromatic carbocycles. The van der Waals surface area contributed by atoms with Gasteiger partial charge >= 0.3 is 0 Å². The Bertz CT molecular complexity index is 825. The minimum Gasteiger partial charge on any atom is -0.491 e. The van der Waals surface area contributed by atoms with Gasteiger partial charge in [0.25, 0.3) is 5.91 Å². The van der Waals surface area contributed by atoms with Crippen LogP contribution in [0.25, 0.3) is 0 Å². The smallest absolute Gasteiger partial charge is 0.265 e. The molecule has 0 saturated carbocycles. The summed E-state index contributed by atoms with van der Waals surface area (Å²) in [5, 5.41) is 2.82. The number of rotatable bonds is 6. The van der Waals surface area contributed by atoms with Crippen LogP contribution in [0.1, 0.15) is 13.3 Å². The lowest BCUT2D eigenvalue weighted by atomic mass is 10.2. The van der Waals surface area contributed by atoms with Crippen molar-refractivity contribution < 1.29 is 19.1 Å². The van der Waals surface area contributed by atoms with Crippen molar-refractivity contribution in [2.24, 2.45) is 0 Å². The van der Waals surface area contributed by atoms with Crippen molar-refractivity contribution in [1.29, 1.82) is 0 Å². The zero-order chi connectivity index (χ0) is 18.5.